The Bertz CT molecular complexity index is 1050. The minimum absolute atomic E-state index is 0.0454. The van der Waals surface area contributed by atoms with E-state index < -0.39 is 47.8 Å². The Balaban J connectivity index is 2.74. The largest absolute Gasteiger partial charge is 0.480 e. The molecule has 8 amide bonds. The Kier molecular flexibility index (Phi) is 17.4. The molecule has 3 atom stereocenters. The topological polar surface area (TPSA) is 246 Å². The van der Waals surface area contributed by atoms with Crippen LogP contribution in [0.2, 0.25) is 0 Å². The van der Waals surface area contributed by atoms with Crippen LogP contribution in [-0.2, 0) is 33.6 Å². The standard InChI is InChI=1S/C28H45N7O9/c1-18(2)24(34-21(37)11-4-3-7-16-35-22(38)12-13-23(35)39)26(41)32-19(10-8-15-31-28(29)44)25(40)33-20(27(42)43)9-5-6-14-30-17-36/h12-13,17-20,24H,3-11,14-16H2,1-2H3,(H,30,36)(H,32,41)(H,33,40)(H,34,37)(H,42,43)(H3,29,31,44)/t19?,20?,24-/m0/s1. The Labute approximate surface area is 256 Å². The van der Waals surface area contributed by atoms with Crippen LogP contribution in [0.25, 0.3) is 0 Å². The van der Waals surface area contributed by atoms with Crippen LogP contribution in [0.3, 0.4) is 0 Å². The van der Waals surface area contributed by atoms with E-state index in [0.29, 0.717) is 45.1 Å². The summed E-state index contributed by atoms with van der Waals surface area (Å²) >= 11 is 0. The zero-order chi connectivity index (χ0) is 33.1. The maximum Gasteiger partial charge on any atom is 0.326 e. The van der Waals surface area contributed by atoms with E-state index in [0.717, 1.165) is 4.90 Å². The van der Waals surface area contributed by atoms with E-state index in [9.17, 15) is 43.5 Å². The first-order valence-electron chi connectivity index (χ1n) is 14.7. The lowest BCUT2D eigenvalue weighted by Gasteiger charge is -2.26. The number of urea groups is 1. The van der Waals surface area contributed by atoms with E-state index >= 15 is 0 Å². The number of carbonyl (C=O) groups excluding carboxylic acids is 7. The van der Waals surface area contributed by atoms with Crippen molar-refractivity contribution in [2.75, 3.05) is 19.6 Å². The number of hydrogen-bond acceptors (Lipinski definition) is 8. The van der Waals surface area contributed by atoms with Gasteiger partial charge in [0.1, 0.15) is 18.1 Å². The second-order valence-corrected chi connectivity index (χ2v) is 10.7. The number of carboxylic acid groups (broad SMARTS) is 1. The summed E-state index contributed by atoms with van der Waals surface area (Å²) in [6.45, 7) is 4.16. The number of primary amides is 1. The maximum absolute atomic E-state index is 13.2. The molecule has 246 valence electrons. The molecule has 44 heavy (non-hydrogen) atoms. The highest BCUT2D eigenvalue weighted by Gasteiger charge is 2.30. The van der Waals surface area contributed by atoms with Crippen molar-refractivity contribution < 1.29 is 43.5 Å². The first-order chi connectivity index (χ1) is 20.9. The molecule has 0 aromatic carbocycles. The van der Waals surface area contributed by atoms with Gasteiger partial charge in [0, 0.05) is 38.2 Å². The van der Waals surface area contributed by atoms with Gasteiger partial charge in [0.15, 0.2) is 0 Å². The fourth-order valence-electron chi connectivity index (χ4n) is 4.38. The number of amides is 8. The Morgan fingerprint density at radius 1 is 0.841 bits per heavy atom. The molecule has 1 rings (SSSR count). The van der Waals surface area contributed by atoms with E-state index in [-0.39, 0.29) is 56.5 Å². The second kappa shape index (κ2) is 20.4. The summed E-state index contributed by atoms with van der Waals surface area (Å²) in [5, 5.41) is 22.2. The molecular formula is C28H45N7O9. The van der Waals surface area contributed by atoms with E-state index in [4.69, 9.17) is 5.73 Å². The van der Waals surface area contributed by atoms with Gasteiger partial charge in [0.25, 0.3) is 11.8 Å². The predicted octanol–water partition coefficient (Wildman–Crippen LogP) is -0.968. The van der Waals surface area contributed by atoms with Crippen molar-refractivity contribution in [3.05, 3.63) is 12.2 Å². The van der Waals surface area contributed by atoms with Gasteiger partial charge >= 0.3 is 12.0 Å². The lowest BCUT2D eigenvalue weighted by atomic mass is 10.0. The molecule has 0 aliphatic carbocycles. The van der Waals surface area contributed by atoms with Crippen LogP contribution < -0.4 is 32.3 Å². The predicted molar refractivity (Wildman–Crippen MR) is 157 cm³/mol. The average Bonchev–Trinajstić information content (AvgIpc) is 3.28. The Morgan fingerprint density at radius 3 is 2.07 bits per heavy atom. The summed E-state index contributed by atoms with van der Waals surface area (Å²) in [5.41, 5.74) is 5.08. The molecular weight excluding hydrogens is 578 g/mol. The van der Waals surface area contributed by atoms with Crippen molar-refractivity contribution in [3.8, 4) is 0 Å². The van der Waals surface area contributed by atoms with E-state index in [1.165, 1.54) is 12.2 Å². The number of carbonyl (C=O) groups is 8. The van der Waals surface area contributed by atoms with Crippen LogP contribution in [-0.4, -0.2) is 95.7 Å². The van der Waals surface area contributed by atoms with Gasteiger partial charge in [-0.25, -0.2) is 9.59 Å². The monoisotopic (exact) mass is 623 g/mol. The van der Waals surface area contributed by atoms with Crippen molar-refractivity contribution in [1.82, 2.24) is 31.5 Å². The van der Waals surface area contributed by atoms with Gasteiger partial charge in [-0.05, 0) is 50.9 Å². The summed E-state index contributed by atoms with van der Waals surface area (Å²) < 4.78 is 0. The zero-order valence-corrected chi connectivity index (χ0v) is 25.3. The molecule has 1 heterocycles. The molecule has 1 aliphatic rings. The Morgan fingerprint density at radius 2 is 1.48 bits per heavy atom. The second-order valence-electron chi connectivity index (χ2n) is 10.7. The molecule has 0 saturated carbocycles. The number of hydrogen-bond donors (Lipinski definition) is 7. The van der Waals surface area contributed by atoms with Gasteiger partial charge in [-0.1, -0.05) is 20.3 Å². The van der Waals surface area contributed by atoms with Crippen LogP contribution in [0.5, 0.6) is 0 Å². The van der Waals surface area contributed by atoms with Gasteiger partial charge in [0.2, 0.25) is 24.1 Å². The number of imide groups is 1. The van der Waals surface area contributed by atoms with Crippen LogP contribution in [0, 0.1) is 5.92 Å². The molecule has 0 bridgehead atoms. The fraction of sp³-hybridized carbons (Fsp3) is 0.643. The number of nitrogens with one attached hydrogen (secondary N) is 5. The SMILES string of the molecule is CC(C)[C@H](NC(=O)CCCCCN1C(=O)C=CC1=O)C(=O)NC(CCCNC(N)=O)C(=O)NC(CCCCNC=O)C(=O)O. The molecule has 0 radical (unpaired) electrons. The number of rotatable bonds is 23. The number of unbranched alkanes of at least 4 members (excludes halogenated alkanes) is 3. The first kappa shape index (κ1) is 37.5. The van der Waals surface area contributed by atoms with Crippen LogP contribution in [0.1, 0.15) is 71.6 Å². The van der Waals surface area contributed by atoms with Crippen molar-refractivity contribution in [3.63, 3.8) is 0 Å². The summed E-state index contributed by atoms with van der Waals surface area (Å²) in [6.07, 6.45) is 5.89. The number of aliphatic carboxylic acids is 1. The van der Waals surface area contributed by atoms with E-state index in [2.05, 4.69) is 26.6 Å². The fourth-order valence-corrected chi connectivity index (χ4v) is 4.38. The maximum atomic E-state index is 13.2. The van der Waals surface area contributed by atoms with Crippen LogP contribution in [0.4, 0.5) is 4.79 Å². The van der Waals surface area contributed by atoms with Gasteiger partial charge in [0.05, 0.1) is 0 Å². The van der Waals surface area contributed by atoms with Crippen molar-refractivity contribution in [2.24, 2.45) is 11.7 Å². The van der Waals surface area contributed by atoms with Gasteiger partial charge in [-0.3, -0.25) is 33.7 Å². The minimum Gasteiger partial charge on any atom is -0.480 e. The number of nitrogens with two attached hydrogens (primary N) is 1. The highest BCUT2D eigenvalue weighted by molar-refractivity contribution is 6.12. The molecule has 0 saturated heterocycles. The third-order valence-electron chi connectivity index (χ3n) is 6.82. The zero-order valence-electron chi connectivity index (χ0n) is 25.3. The highest BCUT2D eigenvalue weighted by Crippen LogP contribution is 2.10. The minimum atomic E-state index is -1.26. The van der Waals surface area contributed by atoms with Crippen molar-refractivity contribution in [2.45, 2.75) is 89.8 Å². The molecule has 1 aliphatic heterocycles. The van der Waals surface area contributed by atoms with Crippen molar-refractivity contribution >= 4 is 47.9 Å². The highest BCUT2D eigenvalue weighted by atomic mass is 16.4. The van der Waals surface area contributed by atoms with E-state index in [1.807, 2.05) is 0 Å². The summed E-state index contributed by atoms with van der Waals surface area (Å²) in [5.74, 6) is -4.11. The molecule has 0 spiro atoms. The number of nitrogens with zero attached hydrogens (tertiary/aromatic N) is 1. The smallest absolute Gasteiger partial charge is 0.326 e. The first-order valence-corrected chi connectivity index (χ1v) is 14.7. The Hall–Kier alpha value is -4.50. The molecule has 16 nitrogen and oxygen atoms in total. The molecule has 0 aromatic heterocycles. The summed E-state index contributed by atoms with van der Waals surface area (Å²) in [4.78, 5) is 96.5. The number of carboxylic acids is 1. The molecule has 2 unspecified atom stereocenters. The van der Waals surface area contributed by atoms with Crippen LogP contribution >= 0.6 is 0 Å². The lowest BCUT2D eigenvalue weighted by Crippen LogP contribution is -2.57. The third kappa shape index (κ3) is 14.6. The normalized spacial score (nSPS) is 14.5. The van der Waals surface area contributed by atoms with Gasteiger partial charge < -0.3 is 37.4 Å². The quantitative estimate of drug-likeness (QED) is 0.0420. The summed E-state index contributed by atoms with van der Waals surface area (Å²) in [6, 6.07) is -4.16. The molecule has 0 fully saturated rings. The van der Waals surface area contributed by atoms with Crippen LogP contribution in [0.15, 0.2) is 12.2 Å². The average molecular weight is 624 g/mol. The molecule has 8 N–H and O–H groups in total. The lowest BCUT2D eigenvalue weighted by molar-refractivity contribution is -0.142. The van der Waals surface area contributed by atoms with E-state index in [1.54, 1.807) is 13.8 Å². The third-order valence-corrected chi connectivity index (χ3v) is 6.82. The molecule has 16 heteroatoms. The summed E-state index contributed by atoms with van der Waals surface area (Å²) in [7, 11) is 0. The van der Waals surface area contributed by atoms with Gasteiger partial charge in [-0.15, -0.1) is 0 Å². The van der Waals surface area contributed by atoms with Crippen molar-refractivity contribution in [1.29, 1.82) is 0 Å². The molecule has 0 aromatic rings. The van der Waals surface area contributed by atoms with Gasteiger partial charge in [-0.2, -0.15) is 0 Å².